The van der Waals surface area contributed by atoms with Crippen molar-refractivity contribution in [2.75, 3.05) is 38.6 Å². The number of fused-ring (bicyclic) bond motifs is 13. The molecule has 8 rings (SSSR count). The van der Waals surface area contributed by atoms with Crippen LogP contribution in [0.1, 0.15) is 103 Å². The van der Waals surface area contributed by atoms with E-state index in [1.54, 1.807) is 39.0 Å². The second-order valence-electron chi connectivity index (χ2n) is 20.7. The molecule has 8 atom stereocenters. The van der Waals surface area contributed by atoms with Gasteiger partial charge in [-0.25, -0.2) is 5.84 Å². The molecule has 2 aromatic rings. The molecule has 1 saturated carbocycles. The highest BCUT2D eigenvalue weighted by Gasteiger charge is 2.50. The van der Waals surface area contributed by atoms with Gasteiger partial charge < -0.3 is 61.0 Å². The lowest BCUT2D eigenvalue weighted by Gasteiger charge is -2.37. The molecule has 18 heteroatoms. The first kappa shape index (κ1) is 54.4. The molecule has 5 heterocycles. The molecule has 71 heavy (non-hydrogen) atoms. The monoisotopic (exact) mass is 983 g/mol. The van der Waals surface area contributed by atoms with E-state index in [0.29, 0.717) is 62.4 Å². The van der Waals surface area contributed by atoms with Crippen LogP contribution in [0, 0.1) is 49.4 Å². The maximum Gasteiger partial charge on any atom is 0.327 e. The number of ether oxygens (including phenoxy) is 4. The molecule has 1 aliphatic carbocycles. The maximum atomic E-state index is 14.9. The molecule has 386 valence electrons. The number of hydrogen-bond acceptors (Lipinski definition) is 17. The average molecular weight is 983 g/mol. The number of aliphatic hydroxyl groups excluding tert-OH is 1. The second-order valence-corrected chi connectivity index (χ2v) is 20.7. The minimum atomic E-state index is -1.98. The number of terminal acetylenes is 1. The Morgan fingerprint density at radius 1 is 1.03 bits per heavy atom. The first-order valence-corrected chi connectivity index (χ1v) is 24.5. The van der Waals surface area contributed by atoms with E-state index in [1.807, 2.05) is 26.8 Å². The van der Waals surface area contributed by atoms with Gasteiger partial charge in [0.1, 0.15) is 35.2 Å². The quantitative estimate of drug-likeness (QED) is 0.0632. The predicted molar refractivity (Wildman–Crippen MR) is 270 cm³/mol. The Balaban J connectivity index is 0.00000407. The number of aliphatic hydroxyl groups is 1. The molecule has 18 nitrogen and oxygen atoms in total. The minimum Gasteiger partial charge on any atom is -0.507 e. The maximum absolute atomic E-state index is 14.9. The summed E-state index contributed by atoms with van der Waals surface area (Å²) in [6, 6.07) is 0. The van der Waals surface area contributed by atoms with Crippen molar-refractivity contribution < 1.29 is 48.7 Å². The average Bonchev–Trinajstić information content (AvgIpc) is 3.89. The van der Waals surface area contributed by atoms with E-state index in [1.165, 1.54) is 26.5 Å². The summed E-state index contributed by atoms with van der Waals surface area (Å²) in [5.41, 5.74) is 11.6. The van der Waals surface area contributed by atoms with Crippen LogP contribution in [-0.2, 0) is 23.8 Å². The predicted octanol–water partition coefficient (Wildman–Crippen LogP) is 4.48. The third-order valence-electron chi connectivity index (χ3n) is 14.6. The number of phenols is 2. The normalized spacial score (nSPS) is 30.1. The number of benzene rings is 2. The number of methoxy groups -OCH3 is 1. The number of hydrogen-bond donors (Lipinski definition) is 7. The number of hydrazine groups is 1. The number of carbonyl (C=O) groups excluding carboxylic acids is 3. The van der Waals surface area contributed by atoms with E-state index in [2.05, 4.69) is 36.9 Å². The number of nitrogens with two attached hydrogens (primary N) is 3. The highest BCUT2D eigenvalue weighted by Crippen LogP contribution is 2.50. The zero-order chi connectivity index (χ0) is 52.5. The van der Waals surface area contributed by atoms with Crippen molar-refractivity contribution in [1.29, 1.82) is 0 Å². The van der Waals surface area contributed by atoms with Crippen molar-refractivity contribution in [2.45, 2.75) is 130 Å². The summed E-state index contributed by atoms with van der Waals surface area (Å²) in [4.78, 5) is 55.2. The number of allylic oxidation sites excluding steroid dienone is 3. The van der Waals surface area contributed by atoms with Crippen LogP contribution in [0.15, 0.2) is 58.0 Å². The van der Waals surface area contributed by atoms with Crippen LogP contribution in [0.2, 0.25) is 0 Å². The number of nitrogens with one attached hydrogen (secondary N) is 1. The van der Waals surface area contributed by atoms with E-state index in [0.717, 1.165) is 11.6 Å². The Bertz CT molecular complexity index is 2660. The number of aromatic hydroxyl groups is 2. The molecule has 2 unspecified atom stereocenters. The second kappa shape index (κ2) is 21.4. The largest absolute Gasteiger partial charge is 0.507 e. The Morgan fingerprint density at radius 2 is 1.68 bits per heavy atom. The molecule has 2 fully saturated rings. The van der Waals surface area contributed by atoms with Gasteiger partial charge in [-0.15, -0.1) is 12.8 Å². The summed E-state index contributed by atoms with van der Waals surface area (Å²) in [5, 5.41) is 40.5. The van der Waals surface area contributed by atoms with E-state index in [-0.39, 0.29) is 68.2 Å². The molecule has 5 bridgehead atoms. The van der Waals surface area contributed by atoms with Gasteiger partial charge in [0.25, 0.3) is 11.7 Å². The lowest BCUT2D eigenvalue weighted by Crippen LogP contribution is -2.46. The minimum absolute atomic E-state index is 0.0311. The number of rotatable bonds is 8. The van der Waals surface area contributed by atoms with Gasteiger partial charge in [-0.2, -0.15) is 0 Å². The highest BCUT2D eigenvalue weighted by molar-refractivity contribution is 6.19. The van der Waals surface area contributed by atoms with E-state index >= 15 is 0 Å². The summed E-state index contributed by atoms with van der Waals surface area (Å²) in [6.07, 6.45) is 18.0. The Hall–Kier alpha value is -5.97. The van der Waals surface area contributed by atoms with Gasteiger partial charge in [0, 0.05) is 86.8 Å². The molecule has 1 saturated heterocycles. The van der Waals surface area contributed by atoms with Crippen LogP contribution in [-0.4, -0.2) is 111 Å². The molecule has 5 aliphatic heterocycles. The van der Waals surface area contributed by atoms with Crippen LogP contribution in [0.4, 0.5) is 5.69 Å². The lowest BCUT2D eigenvalue weighted by molar-refractivity contribution is -0.162. The third-order valence-corrected chi connectivity index (χ3v) is 14.6. The molecule has 2 aromatic carbocycles. The van der Waals surface area contributed by atoms with Gasteiger partial charge in [0.05, 0.1) is 40.3 Å². The number of likely N-dealkylation sites (tertiary alicyclic amines) is 1. The molecule has 10 N–H and O–H groups in total. The van der Waals surface area contributed by atoms with Crippen molar-refractivity contribution in [1.82, 2.24) is 9.91 Å². The van der Waals surface area contributed by atoms with Crippen LogP contribution < -0.4 is 38.1 Å². The number of phenolic OH excluding ortho intramolecular Hbond substituents is 2. The number of carbonyl (C=O) groups is 3. The summed E-state index contributed by atoms with van der Waals surface area (Å²) < 4.78 is 24.6. The SMILES string of the molecule is C#C.CO[C@H]1/C=C/O[C@@]2(C)Oc3c(C)c(O)c4c(O)c(c5c(c4c3C2=O)=NC2(CCN(CC(C)C)CC2)N=5)NC(=O)/C(C)=C\C=C\[C@H](C)C[C@@H](C)C(O)[C@@H](C)C(OC(=O)CN(N)/C=C(\N)C2(N)CC2)[C@@H]1C. The van der Waals surface area contributed by atoms with Crippen molar-refractivity contribution in [3.05, 3.63) is 69.9 Å². The Morgan fingerprint density at radius 3 is 2.30 bits per heavy atom. The standard InChI is InChI=1S/C51H72N8O10.C2H2/c1-26(2)23-58-19-17-51(18-20-58)56-39-36-37-43(62)32(8)46-38(36)47(64)49(9,69-46)67-21-14-33(66-10)30(6)45(68-35(60)25-59(54)24-34(52)50(53)15-16-50)31(7)42(61)29(5)22-27(3)12-11-13-28(4)48(65)55-41(44(37)63)40(39)57-51;1-2/h11-14,21,24,26-27,29-31,33,42,45,61-63H,15-20,22-23,25,52-54H2,1-10H3,(H,55,65);1-2H/b12-11+,21-14+,28-13-,34-24-;/t27-,29+,30+,31+,33-,42?,45?,49-;/m0./s1. The van der Waals surface area contributed by atoms with E-state index in [4.69, 9.17) is 46.2 Å². The molecule has 1 amide bonds. The zero-order valence-electron chi connectivity index (χ0n) is 42.8. The number of esters is 1. The fourth-order valence-electron chi connectivity index (χ4n) is 10.2. The fraction of sp³-hybridized carbons (Fsp3) is 0.566. The van der Waals surface area contributed by atoms with Gasteiger partial charge >= 0.3 is 11.8 Å². The summed E-state index contributed by atoms with van der Waals surface area (Å²) in [7, 11) is 1.48. The Kier molecular flexibility index (Phi) is 16.4. The van der Waals surface area contributed by atoms with Crippen molar-refractivity contribution in [3.8, 4) is 30.1 Å². The summed E-state index contributed by atoms with van der Waals surface area (Å²) >= 11 is 0. The highest BCUT2D eigenvalue weighted by atomic mass is 16.7. The first-order chi connectivity index (χ1) is 33.4. The third kappa shape index (κ3) is 11.1. The smallest absolute Gasteiger partial charge is 0.327 e. The number of piperidine rings is 1. The van der Waals surface area contributed by atoms with Crippen LogP contribution >= 0.6 is 0 Å². The number of amides is 1. The Labute approximate surface area is 416 Å². The fourth-order valence-corrected chi connectivity index (χ4v) is 10.2. The topological polar surface area (TPSA) is 270 Å². The first-order valence-electron chi connectivity index (χ1n) is 24.5. The summed E-state index contributed by atoms with van der Waals surface area (Å²) in [6.45, 7) is 18.5. The van der Waals surface area contributed by atoms with Gasteiger partial charge in [0.15, 0.2) is 11.4 Å². The van der Waals surface area contributed by atoms with E-state index in [9.17, 15) is 29.7 Å². The van der Waals surface area contributed by atoms with Gasteiger partial charge in [-0.05, 0) is 56.9 Å². The number of ketones is 1. The number of anilines is 1. The van der Waals surface area contributed by atoms with Crippen LogP contribution in [0.5, 0.6) is 17.2 Å². The summed E-state index contributed by atoms with van der Waals surface area (Å²) in [5.74, 6) is 0.456. The molecule has 0 radical (unpaired) electrons. The molecule has 0 aromatic heterocycles. The van der Waals surface area contributed by atoms with Gasteiger partial charge in [-0.3, -0.25) is 24.4 Å². The molecule has 1 spiro atoms. The van der Waals surface area contributed by atoms with Crippen molar-refractivity contribution in [3.63, 3.8) is 0 Å². The van der Waals surface area contributed by atoms with Crippen molar-refractivity contribution >= 4 is 34.1 Å². The van der Waals surface area contributed by atoms with E-state index < -0.39 is 70.5 Å². The van der Waals surface area contributed by atoms with Crippen molar-refractivity contribution in [2.24, 2.45) is 56.9 Å². The van der Waals surface area contributed by atoms with Gasteiger partial charge in [-0.1, -0.05) is 59.8 Å². The number of Topliss-reactive ketones (excluding diaryl/α,β-unsaturated/α-hetero) is 1. The van der Waals surface area contributed by atoms with Gasteiger partial charge in [0.2, 0.25) is 0 Å². The molecule has 6 aliphatic rings. The molecular formula is C53H74N8O10. The van der Waals surface area contributed by atoms with Crippen LogP contribution in [0.3, 0.4) is 0 Å². The number of nitrogens with zero attached hydrogens (tertiary/aromatic N) is 4. The van der Waals surface area contributed by atoms with Crippen LogP contribution in [0.25, 0.3) is 10.8 Å². The lowest BCUT2D eigenvalue weighted by atomic mass is 9.79. The zero-order valence-corrected chi connectivity index (χ0v) is 42.8. The molecular weight excluding hydrogens is 909 g/mol.